The standard InChI is InChI=1S/C12H22N2O4/c1-3-4-9-5-6-14(8-9)12(17)13-7-10(18-2)11(15)16/h9-10H,3-8H2,1-2H3,(H,13,17)(H,15,16). The van der Waals surface area contributed by atoms with Gasteiger partial charge in [0.05, 0.1) is 6.54 Å². The van der Waals surface area contributed by atoms with Gasteiger partial charge >= 0.3 is 12.0 Å². The van der Waals surface area contributed by atoms with Crippen LogP contribution in [0.4, 0.5) is 4.79 Å². The van der Waals surface area contributed by atoms with Crippen LogP contribution in [0.25, 0.3) is 0 Å². The first-order valence-electron chi connectivity index (χ1n) is 6.36. The summed E-state index contributed by atoms with van der Waals surface area (Å²) >= 11 is 0. The molecular formula is C12H22N2O4. The molecule has 104 valence electrons. The minimum atomic E-state index is -1.07. The Morgan fingerprint density at radius 2 is 2.28 bits per heavy atom. The molecule has 6 heteroatoms. The number of urea groups is 1. The number of amides is 2. The van der Waals surface area contributed by atoms with Crippen molar-refractivity contribution < 1.29 is 19.4 Å². The third-order valence-electron chi connectivity index (χ3n) is 3.27. The van der Waals surface area contributed by atoms with Gasteiger partial charge in [0.1, 0.15) is 0 Å². The Bertz CT molecular complexity index is 296. The summed E-state index contributed by atoms with van der Waals surface area (Å²) in [6.45, 7) is 3.66. The van der Waals surface area contributed by atoms with Crippen molar-refractivity contribution in [3.05, 3.63) is 0 Å². The molecule has 0 aromatic heterocycles. The SMILES string of the molecule is CCCC1CCN(C(=O)NCC(OC)C(=O)O)C1. The molecule has 1 rings (SSSR count). The monoisotopic (exact) mass is 258 g/mol. The number of methoxy groups -OCH3 is 1. The number of rotatable bonds is 6. The van der Waals surface area contributed by atoms with Gasteiger partial charge in [-0.15, -0.1) is 0 Å². The van der Waals surface area contributed by atoms with E-state index in [1.807, 2.05) is 0 Å². The van der Waals surface area contributed by atoms with Gasteiger partial charge in [0, 0.05) is 20.2 Å². The lowest BCUT2D eigenvalue weighted by Gasteiger charge is -2.19. The van der Waals surface area contributed by atoms with E-state index in [0.29, 0.717) is 5.92 Å². The van der Waals surface area contributed by atoms with E-state index in [9.17, 15) is 9.59 Å². The van der Waals surface area contributed by atoms with Gasteiger partial charge in [0.2, 0.25) is 0 Å². The maximum absolute atomic E-state index is 11.8. The van der Waals surface area contributed by atoms with Gasteiger partial charge in [0.15, 0.2) is 6.10 Å². The zero-order chi connectivity index (χ0) is 13.5. The van der Waals surface area contributed by atoms with E-state index >= 15 is 0 Å². The van der Waals surface area contributed by atoms with E-state index in [2.05, 4.69) is 12.2 Å². The van der Waals surface area contributed by atoms with Crippen LogP contribution in [-0.2, 0) is 9.53 Å². The molecule has 0 bridgehead atoms. The van der Waals surface area contributed by atoms with Crippen molar-refractivity contribution in [1.29, 1.82) is 0 Å². The Kier molecular flexibility index (Phi) is 5.91. The van der Waals surface area contributed by atoms with Crippen molar-refractivity contribution >= 4 is 12.0 Å². The van der Waals surface area contributed by atoms with Crippen LogP contribution in [0.5, 0.6) is 0 Å². The van der Waals surface area contributed by atoms with Crippen molar-refractivity contribution in [3.63, 3.8) is 0 Å². The third-order valence-corrected chi connectivity index (χ3v) is 3.27. The lowest BCUT2D eigenvalue weighted by atomic mass is 10.0. The van der Waals surface area contributed by atoms with Crippen LogP contribution in [0.1, 0.15) is 26.2 Å². The van der Waals surface area contributed by atoms with E-state index in [1.165, 1.54) is 7.11 Å². The Morgan fingerprint density at radius 1 is 1.56 bits per heavy atom. The molecule has 18 heavy (non-hydrogen) atoms. The van der Waals surface area contributed by atoms with E-state index in [1.54, 1.807) is 4.90 Å². The van der Waals surface area contributed by atoms with Crippen LogP contribution in [0.3, 0.4) is 0 Å². The summed E-state index contributed by atoms with van der Waals surface area (Å²) in [5.41, 5.74) is 0. The number of carbonyl (C=O) groups excluding carboxylic acids is 1. The second-order valence-corrected chi connectivity index (χ2v) is 4.64. The highest BCUT2D eigenvalue weighted by atomic mass is 16.5. The molecule has 0 spiro atoms. The van der Waals surface area contributed by atoms with Crippen molar-refractivity contribution in [3.8, 4) is 0 Å². The number of hydrogen-bond acceptors (Lipinski definition) is 3. The van der Waals surface area contributed by atoms with E-state index < -0.39 is 12.1 Å². The maximum atomic E-state index is 11.8. The number of carboxylic acid groups (broad SMARTS) is 1. The number of nitrogens with zero attached hydrogens (tertiary/aromatic N) is 1. The molecule has 2 unspecified atom stereocenters. The van der Waals surface area contributed by atoms with Gasteiger partial charge in [-0.2, -0.15) is 0 Å². The Balaban J connectivity index is 2.31. The first-order chi connectivity index (χ1) is 8.58. The molecule has 1 aliphatic rings. The summed E-state index contributed by atoms with van der Waals surface area (Å²) < 4.78 is 4.75. The molecule has 2 N–H and O–H groups in total. The molecule has 6 nitrogen and oxygen atoms in total. The quantitative estimate of drug-likeness (QED) is 0.742. The predicted octanol–water partition coefficient (Wildman–Crippen LogP) is 0.918. The minimum Gasteiger partial charge on any atom is -0.479 e. The van der Waals surface area contributed by atoms with Crippen molar-refractivity contribution in [1.82, 2.24) is 10.2 Å². The molecule has 1 aliphatic heterocycles. The largest absolute Gasteiger partial charge is 0.479 e. The lowest BCUT2D eigenvalue weighted by molar-refractivity contribution is -0.148. The lowest BCUT2D eigenvalue weighted by Crippen LogP contribution is -2.44. The first kappa shape index (κ1) is 14.8. The third kappa shape index (κ3) is 4.18. The van der Waals surface area contributed by atoms with Crippen LogP contribution in [0.2, 0.25) is 0 Å². The van der Waals surface area contributed by atoms with Crippen LogP contribution >= 0.6 is 0 Å². The molecule has 0 aromatic rings. The van der Waals surface area contributed by atoms with Gasteiger partial charge < -0.3 is 20.1 Å². The van der Waals surface area contributed by atoms with Crippen LogP contribution in [-0.4, -0.2) is 54.9 Å². The fraction of sp³-hybridized carbons (Fsp3) is 0.833. The molecule has 1 heterocycles. The molecule has 0 aliphatic carbocycles. The van der Waals surface area contributed by atoms with Crippen molar-refractivity contribution in [2.24, 2.45) is 5.92 Å². The smallest absolute Gasteiger partial charge is 0.334 e. The summed E-state index contributed by atoms with van der Waals surface area (Å²) in [5, 5.41) is 11.4. The maximum Gasteiger partial charge on any atom is 0.334 e. The average molecular weight is 258 g/mol. The average Bonchev–Trinajstić information content (AvgIpc) is 2.78. The number of carboxylic acids is 1. The Labute approximate surface area is 107 Å². The molecule has 0 radical (unpaired) electrons. The fourth-order valence-electron chi connectivity index (χ4n) is 2.22. The molecule has 1 saturated heterocycles. The second kappa shape index (κ2) is 7.20. The van der Waals surface area contributed by atoms with Gasteiger partial charge in [-0.25, -0.2) is 9.59 Å². The number of aliphatic carboxylic acids is 1. The Hall–Kier alpha value is -1.30. The number of ether oxygens (including phenoxy) is 1. The fourth-order valence-corrected chi connectivity index (χ4v) is 2.22. The number of hydrogen-bond donors (Lipinski definition) is 2. The van der Waals surface area contributed by atoms with Gasteiger partial charge in [-0.05, 0) is 18.8 Å². The molecule has 2 amide bonds. The molecule has 0 saturated carbocycles. The summed E-state index contributed by atoms with van der Waals surface area (Å²) in [6, 6.07) is -0.197. The minimum absolute atomic E-state index is 0.000386. The van der Waals surface area contributed by atoms with Gasteiger partial charge in [-0.3, -0.25) is 0 Å². The molecule has 1 fully saturated rings. The van der Waals surface area contributed by atoms with Crippen LogP contribution < -0.4 is 5.32 Å². The summed E-state index contributed by atoms with van der Waals surface area (Å²) in [7, 11) is 1.32. The van der Waals surface area contributed by atoms with Gasteiger partial charge in [0.25, 0.3) is 0 Å². The number of nitrogens with one attached hydrogen (secondary N) is 1. The van der Waals surface area contributed by atoms with Crippen molar-refractivity contribution in [2.45, 2.75) is 32.3 Å². The van der Waals surface area contributed by atoms with E-state index in [-0.39, 0.29) is 12.6 Å². The van der Waals surface area contributed by atoms with Crippen LogP contribution in [0.15, 0.2) is 0 Å². The first-order valence-corrected chi connectivity index (χ1v) is 6.36. The topological polar surface area (TPSA) is 78.9 Å². The van der Waals surface area contributed by atoms with E-state index in [0.717, 1.165) is 32.4 Å². The zero-order valence-electron chi connectivity index (χ0n) is 11.0. The highest BCUT2D eigenvalue weighted by Crippen LogP contribution is 2.20. The van der Waals surface area contributed by atoms with Crippen molar-refractivity contribution in [2.75, 3.05) is 26.7 Å². The van der Waals surface area contributed by atoms with Gasteiger partial charge in [-0.1, -0.05) is 13.3 Å². The number of likely N-dealkylation sites (tertiary alicyclic amines) is 1. The zero-order valence-corrected chi connectivity index (χ0v) is 11.0. The predicted molar refractivity (Wildman–Crippen MR) is 66.4 cm³/mol. The summed E-state index contributed by atoms with van der Waals surface area (Å²) in [5.74, 6) is -0.485. The van der Waals surface area contributed by atoms with E-state index in [4.69, 9.17) is 9.84 Å². The molecule has 0 aromatic carbocycles. The summed E-state index contributed by atoms with van der Waals surface area (Å²) in [4.78, 5) is 24.3. The van der Waals surface area contributed by atoms with Crippen LogP contribution in [0, 0.1) is 5.92 Å². The normalized spacial score (nSPS) is 20.8. The second-order valence-electron chi connectivity index (χ2n) is 4.64. The highest BCUT2D eigenvalue weighted by Gasteiger charge is 2.26. The summed E-state index contributed by atoms with van der Waals surface area (Å²) in [6.07, 6.45) is 2.32. The molecule has 2 atom stereocenters. The Morgan fingerprint density at radius 3 is 2.83 bits per heavy atom. The molecular weight excluding hydrogens is 236 g/mol. The number of carbonyl (C=O) groups is 2. The highest BCUT2D eigenvalue weighted by molar-refractivity contribution is 5.77.